The van der Waals surface area contributed by atoms with Crippen LogP contribution in [-0.4, -0.2) is 62.3 Å². The molecule has 2 fully saturated rings. The molecule has 5 nitrogen and oxygen atoms in total. The lowest BCUT2D eigenvalue weighted by Crippen LogP contribution is -2.69. The van der Waals surface area contributed by atoms with Gasteiger partial charge in [-0.1, -0.05) is 27.2 Å². The van der Waals surface area contributed by atoms with Crippen molar-refractivity contribution in [1.82, 2.24) is 15.5 Å². The average molecular weight is 339 g/mol. The Balaban J connectivity index is 1.78. The minimum atomic E-state index is -0.0475. The largest absolute Gasteiger partial charge is 0.378 e. The topological polar surface area (TPSA) is 48.9 Å². The van der Waals surface area contributed by atoms with Crippen LogP contribution in [0.25, 0.3) is 0 Å². The zero-order valence-corrected chi connectivity index (χ0v) is 16.6. The molecule has 1 saturated carbocycles. The number of rotatable bonds is 6. The highest BCUT2D eigenvalue weighted by molar-refractivity contribution is 5.80. The van der Waals surface area contributed by atoms with Crippen LogP contribution in [0.5, 0.6) is 0 Å². The fourth-order valence-electron chi connectivity index (χ4n) is 3.93. The van der Waals surface area contributed by atoms with Gasteiger partial charge < -0.3 is 20.3 Å². The summed E-state index contributed by atoms with van der Waals surface area (Å²) < 4.78 is 5.72. The molecule has 24 heavy (non-hydrogen) atoms. The Bertz CT molecular complexity index is 429. The van der Waals surface area contributed by atoms with Crippen LogP contribution < -0.4 is 10.6 Å². The Labute approximate surface area is 148 Å². The maximum absolute atomic E-state index is 5.72. The van der Waals surface area contributed by atoms with E-state index < -0.39 is 0 Å². The number of guanidine groups is 1. The summed E-state index contributed by atoms with van der Waals surface area (Å²) in [6, 6.07) is 0.935. The molecule has 5 heteroatoms. The first-order valence-corrected chi connectivity index (χ1v) is 9.63. The summed E-state index contributed by atoms with van der Waals surface area (Å²) in [5.74, 6) is 0.943. The molecule has 1 saturated heterocycles. The van der Waals surface area contributed by atoms with Crippen molar-refractivity contribution in [1.29, 1.82) is 0 Å². The summed E-state index contributed by atoms with van der Waals surface area (Å²) in [5.41, 5.74) is 0.0526. The molecule has 1 aliphatic heterocycles. The summed E-state index contributed by atoms with van der Waals surface area (Å²) in [6.07, 6.45) is 6.03. The molecule has 0 aromatic carbocycles. The molecule has 2 atom stereocenters. The molecular formula is C19H38N4O. The van der Waals surface area contributed by atoms with Crippen LogP contribution in [0.4, 0.5) is 0 Å². The predicted octanol–water partition coefficient (Wildman–Crippen LogP) is 2.62. The van der Waals surface area contributed by atoms with Crippen LogP contribution in [0, 0.1) is 5.41 Å². The number of hydrogen-bond acceptors (Lipinski definition) is 3. The third kappa shape index (κ3) is 4.05. The lowest BCUT2D eigenvalue weighted by Gasteiger charge is -2.59. The smallest absolute Gasteiger partial charge is 0.191 e. The number of aliphatic imine (C=N–C) groups is 1. The van der Waals surface area contributed by atoms with E-state index in [1.165, 1.54) is 45.3 Å². The Morgan fingerprint density at radius 1 is 1.21 bits per heavy atom. The van der Waals surface area contributed by atoms with Crippen LogP contribution in [0.2, 0.25) is 0 Å². The van der Waals surface area contributed by atoms with E-state index in [1.807, 2.05) is 14.2 Å². The third-order valence-electron chi connectivity index (χ3n) is 6.57. The molecule has 1 heterocycles. The first kappa shape index (κ1) is 19.5. The molecule has 1 aliphatic carbocycles. The molecule has 0 amide bonds. The second-order valence-corrected chi connectivity index (χ2v) is 8.24. The number of ether oxygens (including phenoxy) is 1. The summed E-state index contributed by atoms with van der Waals surface area (Å²) in [5, 5.41) is 7.26. The maximum Gasteiger partial charge on any atom is 0.191 e. The van der Waals surface area contributed by atoms with Crippen molar-refractivity contribution >= 4 is 5.96 Å². The van der Waals surface area contributed by atoms with Gasteiger partial charge in [-0.05, 0) is 39.2 Å². The van der Waals surface area contributed by atoms with Gasteiger partial charge in [0.2, 0.25) is 0 Å². The predicted molar refractivity (Wildman–Crippen MR) is 102 cm³/mol. The number of piperidine rings is 1. The van der Waals surface area contributed by atoms with E-state index in [-0.39, 0.29) is 11.0 Å². The molecule has 2 aliphatic rings. The third-order valence-corrected chi connectivity index (χ3v) is 6.57. The second-order valence-electron chi connectivity index (χ2n) is 8.24. The van der Waals surface area contributed by atoms with E-state index in [9.17, 15) is 0 Å². The first-order chi connectivity index (χ1) is 11.4. The van der Waals surface area contributed by atoms with Gasteiger partial charge >= 0.3 is 0 Å². The Morgan fingerprint density at radius 2 is 1.88 bits per heavy atom. The Morgan fingerprint density at radius 3 is 2.38 bits per heavy atom. The van der Waals surface area contributed by atoms with Gasteiger partial charge in [0.1, 0.15) is 0 Å². The van der Waals surface area contributed by atoms with Crippen LogP contribution in [0.3, 0.4) is 0 Å². The minimum Gasteiger partial charge on any atom is -0.378 e. The molecule has 0 aromatic heterocycles. The molecule has 2 N–H and O–H groups in total. The Kier molecular flexibility index (Phi) is 6.54. The molecule has 0 aromatic rings. The van der Waals surface area contributed by atoms with Crippen LogP contribution in [0.15, 0.2) is 4.99 Å². The summed E-state index contributed by atoms with van der Waals surface area (Å²) in [4.78, 5) is 7.05. The van der Waals surface area contributed by atoms with E-state index in [4.69, 9.17) is 4.74 Å². The van der Waals surface area contributed by atoms with Gasteiger partial charge in [-0.25, -0.2) is 0 Å². The fourth-order valence-corrected chi connectivity index (χ4v) is 3.93. The average Bonchev–Trinajstić information content (AvgIpc) is 2.59. The molecule has 140 valence electrons. The normalized spacial score (nSPS) is 31.6. The fraction of sp³-hybridized carbons (Fsp3) is 0.947. The van der Waals surface area contributed by atoms with Crippen LogP contribution in [0.1, 0.15) is 59.8 Å². The number of hydrogen-bond donors (Lipinski definition) is 2. The maximum atomic E-state index is 5.72. The van der Waals surface area contributed by atoms with Crippen molar-refractivity contribution in [3.05, 3.63) is 0 Å². The number of nitrogens with zero attached hydrogens (tertiary/aromatic N) is 2. The van der Waals surface area contributed by atoms with Gasteiger partial charge in [-0.15, -0.1) is 0 Å². The van der Waals surface area contributed by atoms with Crippen molar-refractivity contribution in [2.75, 3.05) is 33.8 Å². The minimum absolute atomic E-state index is 0.0475. The van der Waals surface area contributed by atoms with Crippen LogP contribution >= 0.6 is 0 Å². The van der Waals surface area contributed by atoms with Crippen molar-refractivity contribution in [3.63, 3.8) is 0 Å². The van der Waals surface area contributed by atoms with E-state index in [0.29, 0.717) is 12.1 Å². The SMILES string of the molecule is CCCCN1CCC(NC(=NC)NC2CC(C)(OC)C2(C)C)CC1. The Hall–Kier alpha value is -0.810. The highest BCUT2D eigenvalue weighted by atomic mass is 16.5. The second kappa shape index (κ2) is 8.05. The standard InChI is InChI=1S/C19H38N4O/c1-7-8-11-23-12-9-15(10-13-23)21-17(20-5)22-16-14-19(4,24-6)18(16,2)3/h15-16H,7-14H2,1-6H3,(H2,20,21,22). The summed E-state index contributed by atoms with van der Waals surface area (Å²) in [7, 11) is 3.68. The molecule has 0 radical (unpaired) electrons. The quantitative estimate of drug-likeness (QED) is 0.577. The van der Waals surface area contributed by atoms with Crippen molar-refractivity contribution in [3.8, 4) is 0 Å². The van der Waals surface area contributed by atoms with E-state index in [0.717, 1.165) is 12.4 Å². The van der Waals surface area contributed by atoms with Gasteiger partial charge in [0.15, 0.2) is 5.96 Å². The number of likely N-dealkylation sites (tertiary alicyclic amines) is 1. The zero-order valence-electron chi connectivity index (χ0n) is 16.6. The molecular weight excluding hydrogens is 300 g/mol. The zero-order chi connectivity index (χ0) is 17.8. The van der Waals surface area contributed by atoms with Crippen molar-refractivity contribution in [2.24, 2.45) is 10.4 Å². The highest BCUT2D eigenvalue weighted by Gasteiger charge is 2.58. The van der Waals surface area contributed by atoms with Crippen LogP contribution in [-0.2, 0) is 4.74 Å². The van der Waals surface area contributed by atoms with E-state index in [2.05, 4.69) is 48.2 Å². The van der Waals surface area contributed by atoms with Gasteiger partial charge in [-0.2, -0.15) is 0 Å². The van der Waals surface area contributed by atoms with E-state index in [1.54, 1.807) is 0 Å². The number of nitrogens with one attached hydrogen (secondary N) is 2. The van der Waals surface area contributed by atoms with Gasteiger partial charge in [0.25, 0.3) is 0 Å². The van der Waals surface area contributed by atoms with Gasteiger partial charge in [-0.3, -0.25) is 4.99 Å². The lowest BCUT2D eigenvalue weighted by atomic mass is 9.56. The number of methoxy groups -OCH3 is 1. The number of unbranched alkanes of at least 4 members (excludes halogenated alkanes) is 1. The molecule has 0 bridgehead atoms. The van der Waals surface area contributed by atoms with Crippen molar-refractivity contribution in [2.45, 2.75) is 77.5 Å². The summed E-state index contributed by atoms with van der Waals surface area (Å²) in [6.45, 7) is 12.7. The van der Waals surface area contributed by atoms with Gasteiger partial charge in [0, 0.05) is 44.7 Å². The monoisotopic (exact) mass is 338 g/mol. The lowest BCUT2D eigenvalue weighted by molar-refractivity contribution is -0.176. The molecule has 2 unspecified atom stereocenters. The molecule has 0 spiro atoms. The highest BCUT2D eigenvalue weighted by Crippen LogP contribution is 2.51. The first-order valence-electron chi connectivity index (χ1n) is 9.63. The summed E-state index contributed by atoms with van der Waals surface area (Å²) >= 11 is 0. The molecule has 2 rings (SSSR count). The van der Waals surface area contributed by atoms with Gasteiger partial charge in [0.05, 0.1) is 5.60 Å². The van der Waals surface area contributed by atoms with Crippen molar-refractivity contribution < 1.29 is 4.74 Å². The van der Waals surface area contributed by atoms with E-state index >= 15 is 0 Å².